The molecule has 0 radical (unpaired) electrons. The van der Waals surface area contributed by atoms with Gasteiger partial charge in [0.1, 0.15) is 0 Å². The molecule has 0 heterocycles. The Balaban J connectivity index is 1.15. The molecule has 8 aromatic rings. The van der Waals surface area contributed by atoms with E-state index in [0.717, 1.165) is 39.2 Å². The fraction of sp³-hybridized carbons (Fsp3) is 0.0392. The standard InChI is InChI=1S/C51H40N4/c52-50(55-54-49(37-21-8-2-9-22-37)38-23-10-3-11-24-38)39-25-18-30-42(33-39)53-48-35-47-45(34-44(48)36-19-6-1-7-20-36)43-31-16-17-32-46(43)51(47,40-26-12-4-13-27-40)41-28-14-5-15-29-41/h1-35,49,53-54H,(H2,52,55). The van der Waals surface area contributed by atoms with Gasteiger partial charge in [0.25, 0.3) is 0 Å². The molecular weight excluding hydrogens is 669 g/mol. The van der Waals surface area contributed by atoms with Crippen molar-refractivity contribution >= 4 is 17.2 Å². The first-order valence-electron chi connectivity index (χ1n) is 18.7. The summed E-state index contributed by atoms with van der Waals surface area (Å²) in [7, 11) is 0. The van der Waals surface area contributed by atoms with Crippen molar-refractivity contribution in [3.8, 4) is 22.3 Å². The minimum Gasteiger partial charge on any atom is -0.382 e. The SMILES string of the molecule is NC(=NNC(c1ccccc1)c1ccccc1)c1cccc(Nc2cc3c(cc2-c2ccccc2)-c2ccccc2C3(c2ccccc2)c2ccccc2)c1. The zero-order valence-corrected chi connectivity index (χ0v) is 30.3. The van der Waals surface area contributed by atoms with Gasteiger partial charge in [0, 0.05) is 22.5 Å². The molecule has 1 aliphatic carbocycles. The van der Waals surface area contributed by atoms with Crippen LogP contribution in [0.4, 0.5) is 11.4 Å². The lowest BCUT2D eigenvalue weighted by Crippen LogP contribution is -2.28. The van der Waals surface area contributed by atoms with Crippen molar-refractivity contribution in [3.05, 3.63) is 251 Å². The molecule has 0 saturated heterocycles. The Labute approximate surface area is 322 Å². The Bertz CT molecular complexity index is 2510. The largest absolute Gasteiger partial charge is 0.382 e. The molecular formula is C51H40N4. The number of rotatable bonds is 10. The Hall–Kier alpha value is -7.17. The van der Waals surface area contributed by atoms with Gasteiger partial charge in [-0.1, -0.05) is 188 Å². The molecule has 0 aliphatic heterocycles. The van der Waals surface area contributed by atoms with Crippen LogP contribution in [0.3, 0.4) is 0 Å². The van der Waals surface area contributed by atoms with E-state index in [1.165, 1.54) is 33.4 Å². The van der Waals surface area contributed by atoms with Crippen LogP contribution in [0, 0.1) is 0 Å². The second-order valence-electron chi connectivity index (χ2n) is 13.9. The van der Waals surface area contributed by atoms with Crippen molar-refractivity contribution in [2.45, 2.75) is 11.5 Å². The van der Waals surface area contributed by atoms with E-state index in [2.05, 4.69) is 175 Å². The van der Waals surface area contributed by atoms with Gasteiger partial charge in [-0.25, -0.2) is 0 Å². The molecule has 0 bridgehead atoms. The molecule has 1 aliphatic rings. The summed E-state index contributed by atoms with van der Waals surface area (Å²) in [6.07, 6.45) is 0. The zero-order valence-electron chi connectivity index (χ0n) is 30.3. The number of anilines is 2. The topological polar surface area (TPSA) is 62.4 Å². The lowest BCUT2D eigenvalue weighted by Gasteiger charge is -2.34. The maximum Gasteiger partial charge on any atom is 0.150 e. The van der Waals surface area contributed by atoms with Crippen LogP contribution in [0.5, 0.6) is 0 Å². The van der Waals surface area contributed by atoms with Crippen LogP contribution >= 0.6 is 0 Å². The molecule has 9 rings (SSSR count). The van der Waals surface area contributed by atoms with Crippen LogP contribution in [-0.4, -0.2) is 5.84 Å². The van der Waals surface area contributed by atoms with E-state index in [-0.39, 0.29) is 6.04 Å². The summed E-state index contributed by atoms with van der Waals surface area (Å²) in [6, 6.07) is 74.7. The fourth-order valence-corrected chi connectivity index (χ4v) is 8.19. The number of fused-ring (bicyclic) bond motifs is 3. The normalized spacial score (nSPS) is 12.9. The van der Waals surface area contributed by atoms with Gasteiger partial charge in [0.15, 0.2) is 5.84 Å². The maximum atomic E-state index is 6.73. The van der Waals surface area contributed by atoms with Crippen molar-refractivity contribution < 1.29 is 0 Å². The van der Waals surface area contributed by atoms with Crippen molar-refractivity contribution in [2.75, 3.05) is 5.32 Å². The molecule has 0 amide bonds. The van der Waals surface area contributed by atoms with Crippen molar-refractivity contribution in [2.24, 2.45) is 10.8 Å². The van der Waals surface area contributed by atoms with E-state index < -0.39 is 5.41 Å². The summed E-state index contributed by atoms with van der Waals surface area (Å²) in [5.41, 5.74) is 24.2. The zero-order chi connectivity index (χ0) is 37.0. The lowest BCUT2D eigenvalue weighted by molar-refractivity contribution is 0.639. The highest BCUT2D eigenvalue weighted by atomic mass is 15.3. The van der Waals surface area contributed by atoms with Gasteiger partial charge >= 0.3 is 0 Å². The van der Waals surface area contributed by atoms with Crippen LogP contribution in [0.25, 0.3) is 22.3 Å². The van der Waals surface area contributed by atoms with Crippen LogP contribution in [0.15, 0.2) is 217 Å². The minimum atomic E-state index is -0.515. The fourth-order valence-electron chi connectivity index (χ4n) is 8.19. The minimum absolute atomic E-state index is 0.152. The van der Waals surface area contributed by atoms with Gasteiger partial charge in [-0.15, -0.1) is 0 Å². The number of hydrogen-bond acceptors (Lipinski definition) is 3. The number of benzene rings is 8. The molecule has 0 aromatic heterocycles. The van der Waals surface area contributed by atoms with Gasteiger partial charge in [0.05, 0.1) is 11.5 Å². The van der Waals surface area contributed by atoms with Gasteiger partial charge in [-0.05, 0) is 74.3 Å². The first-order valence-corrected chi connectivity index (χ1v) is 18.7. The molecule has 4 N–H and O–H groups in total. The van der Waals surface area contributed by atoms with Crippen molar-refractivity contribution in [1.29, 1.82) is 0 Å². The summed E-state index contributed by atoms with van der Waals surface area (Å²) < 4.78 is 0. The highest BCUT2D eigenvalue weighted by molar-refractivity contribution is 5.99. The number of nitrogens with one attached hydrogen (secondary N) is 2. The number of hydrogen-bond donors (Lipinski definition) is 3. The summed E-state index contributed by atoms with van der Waals surface area (Å²) in [4.78, 5) is 0. The molecule has 55 heavy (non-hydrogen) atoms. The molecule has 264 valence electrons. The van der Waals surface area contributed by atoms with Gasteiger partial charge < -0.3 is 11.1 Å². The highest BCUT2D eigenvalue weighted by Gasteiger charge is 2.46. The Morgan fingerprint density at radius 2 is 1.02 bits per heavy atom. The molecule has 0 saturated carbocycles. The average molecular weight is 709 g/mol. The summed E-state index contributed by atoms with van der Waals surface area (Å²) in [6.45, 7) is 0. The monoisotopic (exact) mass is 708 g/mol. The molecule has 0 atom stereocenters. The van der Waals surface area contributed by atoms with Crippen LogP contribution < -0.4 is 16.5 Å². The second kappa shape index (κ2) is 14.7. The van der Waals surface area contributed by atoms with Gasteiger partial charge in [0.2, 0.25) is 0 Å². The van der Waals surface area contributed by atoms with Crippen LogP contribution in [-0.2, 0) is 5.41 Å². The summed E-state index contributed by atoms with van der Waals surface area (Å²) in [5.74, 6) is 0.403. The number of nitrogens with two attached hydrogens (primary N) is 1. The Kier molecular flexibility index (Phi) is 8.99. The van der Waals surface area contributed by atoms with E-state index >= 15 is 0 Å². The Morgan fingerprint density at radius 3 is 1.64 bits per heavy atom. The molecule has 8 aromatic carbocycles. The van der Waals surface area contributed by atoms with E-state index in [9.17, 15) is 0 Å². The molecule has 4 nitrogen and oxygen atoms in total. The maximum absolute atomic E-state index is 6.73. The highest BCUT2D eigenvalue weighted by Crippen LogP contribution is 2.57. The number of nitrogens with zero attached hydrogens (tertiary/aromatic N) is 1. The molecule has 0 fully saturated rings. The smallest absolute Gasteiger partial charge is 0.150 e. The number of hydrazone groups is 1. The van der Waals surface area contributed by atoms with Crippen molar-refractivity contribution in [1.82, 2.24) is 5.43 Å². The van der Waals surface area contributed by atoms with E-state index in [1.54, 1.807) is 0 Å². The Morgan fingerprint density at radius 1 is 0.473 bits per heavy atom. The predicted molar refractivity (Wildman–Crippen MR) is 227 cm³/mol. The first-order chi connectivity index (χ1) is 27.2. The van der Waals surface area contributed by atoms with Crippen LogP contribution in [0.1, 0.15) is 45.0 Å². The second-order valence-corrected chi connectivity index (χ2v) is 13.9. The van der Waals surface area contributed by atoms with E-state index in [4.69, 9.17) is 10.8 Å². The lowest BCUT2D eigenvalue weighted by atomic mass is 9.67. The quantitative estimate of drug-likeness (QED) is 0.0753. The van der Waals surface area contributed by atoms with E-state index in [1.807, 2.05) is 48.5 Å². The van der Waals surface area contributed by atoms with E-state index in [0.29, 0.717) is 5.84 Å². The summed E-state index contributed by atoms with van der Waals surface area (Å²) >= 11 is 0. The van der Waals surface area contributed by atoms with Gasteiger partial charge in [-0.2, -0.15) is 5.10 Å². The predicted octanol–water partition coefficient (Wildman–Crippen LogP) is 11.5. The molecule has 4 heteroatoms. The third kappa shape index (κ3) is 6.24. The third-order valence-corrected chi connectivity index (χ3v) is 10.7. The first kappa shape index (κ1) is 33.7. The molecule has 0 spiro atoms. The van der Waals surface area contributed by atoms with Gasteiger partial charge in [-0.3, -0.25) is 5.43 Å². The average Bonchev–Trinajstić information content (AvgIpc) is 3.55. The summed E-state index contributed by atoms with van der Waals surface area (Å²) in [5, 5.41) is 8.58. The number of amidine groups is 1. The molecule has 0 unspecified atom stereocenters. The van der Waals surface area contributed by atoms with Crippen LogP contribution in [0.2, 0.25) is 0 Å². The third-order valence-electron chi connectivity index (χ3n) is 10.7. The van der Waals surface area contributed by atoms with Crippen molar-refractivity contribution in [3.63, 3.8) is 0 Å².